The van der Waals surface area contributed by atoms with Crippen molar-refractivity contribution in [3.8, 4) is 0 Å². The molecule has 0 aromatic carbocycles. The van der Waals surface area contributed by atoms with Crippen LogP contribution < -0.4 is 4.90 Å². The van der Waals surface area contributed by atoms with E-state index in [1.54, 1.807) is 0 Å². The molecule has 9 heteroatoms. The third-order valence-corrected chi connectivity index (χ3v) is 5.88. The van der Waals surface area contributed by atoms with Gasteiger partial charge in [-0.25, -0.2) is 9.78 Å². The van der Waals surface area contributed by atoms with Crippen LogP contribution in [-0.4, -0.2) is 46.7 Å². The fourth-order valence-electron chi connectivity index (χ4n) is 3.19. The minimum absolute atomic E-state index is 0.0818. The van der Waals surface area contributed by atoms with Gasteiger partial charge in [0.15, 0.2) is 0 Å². The van der Waals surface area contributed by atoms with Crippen molar-refractivity contribution in [3.05, 3.63) is 15.7 Å². The predicted molar refractivity (Wildman–Crippen MR) is 105 cm³/mol. The van der Waals surface area contributed by atoms with Gasteiger partial charge < -0.3 is 14.7 Å². The van der Waals surface area contributed by atoms with E-state index in [1.807, 2.05) is 25.7 Å². The van der Waals surface area contributed by atoms with Crippen molar-refractivity contribution in [2.45, 2.75) is 33.6 Å². The smallest absolute Gasteiger partial charge is 0.348 e. The van der Waals surface area contributed by atoms with Crippen LogP contribution in [0.4, 0.5) is 5.82 Å². The van der Waals surface area contributed by atoms with Gasteiger partial charge in [0.1, 0.15) is 15.5 Å². The lowest BCUT2D eigenvalue weighted by atomic mass is 9.98. The van der Waals surface area contributed by atoms with Gasteiger partial charge in [0.25, 0.3) is 0 Å². The van der Waals surface area contributed by atoms with Crippen LogP contribution in [0.3, 0.4) is 0 Å². The number of ether oxygens (including phenoxy) is 1. The maximum atomic E-state index is 12.5. The van der Waals surface area contributed by atoms with Crippen LogP contribution in [0.25, 0.3) is 10.2 Å². The highest BCUT2D eigenvalue weighted by Gasteiger charge is 2.29. The molecule has 7 nitrogen and oxygen atoms in total. The van der Waals surface area contributed by atoms with E-state index >= 15 is 0 Å². The Morgan fingerprint density at radius 2 is 2.15 bits per heavy atom. The van der Waals surface area contributed by atoms with Crippen LogP contribution in [0.2, 0.25) is 5.28 Å². The number of aliphatic carboxylic acids is 1. The van der Waals surface area contributed by atoms with E-state index in [9.17, 15) is 14.7 Å². The molecule has 0 amide bonds. The molecule has 1 N–H and O–H groups in total. The largest absolute Gasteiger partial charge is 0.481 e. The highest BCUT2D eigenvalue weighted by Crippen LogP contribution is 2.38. The topological polar surface area (TPSA) is 92.6 Å². The Labute approximate surface area is 166 Å². The molecule has 1 aliphatic heterocycles. The van der Waals surface area contributed by atoms with Gasteiger partial charge in [-0.3, -0.25) is 4.79 Å². The van der Waals surface area contributed by atoms with Crippen LogP contribution in [0.1, 0.15) is 41.9 Å². The van der Waals surface area contributed by atoms with Crippen LogP contribution >= 0.6 is 22.9 Å². The summed E-state index contributed by atoms with van der Waals surface area (Å²) in [7, 11) is 0. The van der Waals surface area contributed by atoms with Gasteiger partial charge in [0.05, 0.1) is 17.9 Å². The maximum absolute atomic E-state index is 12.5. The van der Waals surface area contributed by atoms with E-state index < -0.39 is 11.9 Å². The lowest BCUT2D eigenvalue weighted by molar-refractivity contribution is -0.141. The molecule has 0 radical (unpaired) electrons. The summed E-state index contributed by atoms with van der Waals surface area (Å²) in [5, 5.41) is 10.2. The molecule has 1 unspecified atom stereocenters. The molecule has 0 bridgehead atoms. The first kappa shape index (κ1) is 19.8. The minimum Gasteiger partial charge on any atom is -0.481 e. The number of rotatable bonds is 5. The highest BCUT2D eigenvalue weighted by atomic mass is 35.5. The van der Waals surface area contributed by atoms with Crippen molar-refractivity contribution < 1.29 is 19.4 Å². The molecule has 1 atom stereocenters. The first-order chi connectivity index (χ1) is 12.8. The Morgan fingerprint density at radius 1 is 1.41 bits per heavy atom. The first-order valence-corrected chi connectivity index (χ1v) is 10.1. The summed E-state index contributed by atoms with van der Waals surface area (Å²) in [5.74, 6) is -0.802. The number of carbonyl (C=O) groups excluding carboxylic acids is 1. The first-order valence-electron chi connectivity index (χ1n) is 8.89. The number of thiophene rings is 1. The average Bonchev–Trinajstić information content (AvgIpc) is 2.95. The zero-order valence-corrected chi connectivity index (χ0v) is 17.1. The SMILES string of the molecule is Cc1c(C(=O)OCC(C)C)sc2nc(Cl)nc(N3CCCC(C(=O)O)C3)c12. The average molecular weight is 412 g/mol. The van der Waals surface area contributed by atoms with Crippen molar-refractivity contribution in [1.29, 1.82) is 0 Å². The van der Waals surface area contributed by atoms with Gasteiger partial charge in [-0.05, 0) is 42.8 Å². The number of halogens is 1. The molecule has 146 valence electrons. The van der Waals surface area contributed by atoms with E-state index in [2.05, 4.69) is 9.97 Å². The standard InChI is InChI=1S/C18H22ClN3O4S/c1-9(2)8-26-17(25)13-10(3)12-14(20-18(19)21-15(12)27-13)22-6-4-5-11(7-22)16(23)24/h9,11H,4-8H2,1-3H3,(H,23,24). The Kier molecular flexibility index (Phi) is 5.86. The third kappa shape index (κ3) is 4.16. The number of nitrogens with zero attached hydrogens (tertiary/aromatic N) is 3. The quantitative estimate of drug-likeness (QED) is 0.591. The van der Waals surface area contributed by atoms with Gasteiger partial charge in [0, 0.05) is 13.1 Å². The van der Waals surface area contributed by atoms with Gasteiger partial charge in [-0.15, -0.1) is 11.3 Å². The van der Waals surface area contributed by atoms with E-state index in [0.29, 0.717) is 41.6 Å². The molecular formula is C18H22ClN3O4S. The van der Waals surface area contributed by atoms with E-state index in [4.69, 9.17) is 16.3 Å². The summed E-state index contributed by atoms with van der Waals surface area (Å²) in [6.45, 7) is 7.19. The predicted octanol–water partition coefficient (Wildman–Crippen LogP) is 3.77. The number of hydrogen-bond donors (Lipinski definition) is 1. The molecule has 27 heavy (non-hydrogen) atoms. The minimum atomic E-state index is -0.809. The summed E-state index contributed by atoms with van der Waals surface area (Å²) in [6.07, 6.45) is 1.40. The second-order valence-corrected chi connectivity index (χ2v) is 8.51. The number of aryl methyl sites for hydroxylation is 1. The molecule has 0 saturated carbocycles. The second kappa shape index (κ2) is 7.98. The van der Waals surface area contributed by atoms with Crippen molar-refractivity contribution in [2.75, 3.05) is 24.6 Å². The molecule has 0 spiro atoms. The fraction of sp³-hybridized carbons (Fsp3) is 0.556. The van der Waals surface area contributed by atoms with Gasteiger partial charge in [0.2, 0.25) is 5.28 Å². The van der Waals surface area contributed by atoms with Crippen LogP contribution in [0.15, 0.2) is 0 Å². The zero-order chi connectivity index (χ0) is 19.7. The van der Waals surface area contributed by atoms with Crippen LogP contribution in [0.5, 0.6) is 0 Å². The Hall–Kier alpha value is -1.93. The molecule has 0 aliphatic carbocycles. The molecule has 3 heterocycles. The molecule has 1 saturated heterocycles. The summed E-state index contributed by atoms with van der Waals surface area (Å²) >= 11 is 7.34. The fourth-order valence-corrected chi connectivity index (χ4v) is 4.48. The molecular weight excluding hydrogens is 390 g/mol. The highest BCUT2D eigenvalue weighted by molar-refractivity contribution is 7.20. The zero-order valence-electron chi connectivity index (χ0n) is 15.5. The summed E-state index contributed by atoms with van der Waals surface area (Å²) in [4.78, 5) is 35.5. The number of aromatic nitrogens is 2. The lowest BCUT2D eigenvalue weighted by Gasteiger charge is -2.32. The lowest BCUT2D eigenvalue weighted by Crippen LogP contribution is -2.39. The summed E-state index contributed by atoms with van der Waals surface area (Å²) < 4.78 is 5.36. The van der Waals surface area contributed by atoms with Crippen molar-refractivity contribution >= 4 is 50.9 Å². The Balaban J connectivity index is 2.01. The molecule has 2 aromatic rings. The number of anilines is 1. The number of hydrogen-bond acceptors (Lipinski definition) is 7. The summed E-state index contributed by atoms with van der Waals surface area (Å²) in [6, 6.07) is 0. The third-order valence-electron chi connectivity index (χ3n) is 4.55. The monoisotopic (exact) mass is 411 g/mol. The van der Waals surface area contributed by atoms with E-state index in [-0.39, 0.29) is 17.2 Å². The van der Waals surface area contributed by atoms with Gasteiger partial charge >= 0.3 is 11.9 Å². The van der Waals surface area contributed by atoms with Crippen molar-refractivity contribution in [2.24, 2.45) is 11.8 Å². The van der Waals surface area contributed by atoms with E-state index in [0.717, 1.165) is 17.4 Å². The Morgan fingerprint density at radius 3 is 2.81 bits per heavy atom. The molecule has 3 rings (SSSR count). The second-order valence-electron chi connectivity index (χ2n) is 7.17. The Bertz CT molecular complexity index is 883. The van der Waals surface area contributed by atoms with E-state index in [1.165, 1.54) is 11.3 Å². The molecule has 1 aliphatic rings. The molecule has 1 fully saturated rings. The number of fused-ring (bicyclic) bond motifs is 1. The van der Waals surface area contributed by atoms with Crippen molar-refractivity contribution in [1.82, 2.24) is 9.97 Å². The number of carboxylic acids is 1. The maximum Gasteiger partial charge on any atom is 0.348 e. The number of carboxylic acid groups (broad SMARTS) is 1. The molecule has 2 aromatic heterocycles. The normalized spacial score (nSPS) is 17.5. The number of piperidine rings is 1. The van der Waals surface area contributed by atoms with Gasteiger partial charge in [-0.2, -0.15) is 4.98 Å². The van der Waals surface area contributed by atoms with Gasteiger partial charge in [-0.1, -0.05) is 13.8 Å². The van der Waals surface area contributed by atoms with Crippen molar-refractivity contribution in [3.63, 3.8) is 0 Å². The number of esters is 1. The van der Waals surface area contributed by atoms with Crippen LogP contribution in [-0.2, 0) is 9.53 Å². The summed E-state index contributed by atoms with van der Waals surface area (Å²) in [5.41, 5.74) is 0.743. The number of carbonyl (C=O) groups is 2. The van der Waals surface area contributed by atoms with Crippen LogP contribution in [0, 0.1) is 18.8 Å².